The summed E-state index contributed by atoms with van der Waals surface area (Å²) in [4.78, 5) is 19.3. The number of benzene rings is 1. The molecule has 3 heteroatoms. The zero-order valence-corrected chi connectivity index (χ0v) is 11.6. The SMILES string of the molecule is Cc1cc(C)c(-c2nc(C3CC3)cc(=O)[nH]2)cc1C. The smallest absolute Gasteiger partial charge is 0.251 e. The highest BCUT2D eigenvalue weighted by molar-refractivity contribution is 5.62. The van der Waals surface area contributed by atoms with Crippen molar-refractivity contribution in [3.05, 3.63) is 50.9 Å². The van der Waals surface area contributed by atoms with Crippen molar-refractivity contribution < 1.29 is 0 Å². The molecule has 0 aliphatic heterocycles. The number of nitrogens with zero attached hydrogens (tertiary/aromatic N) is 1. The lowest BCUT2D eigenvalue weighted by molar-refractivity contribution is 0.975. The first-order valence-electron chi connectivity index (χ1n) is 6.74. The highest BCUT2D eigenvalue weighted by Gasteiger charge is 2.26. The van der Waals surface area contributed by atoms with Crippen LogP contribution in [0.25, 0.3) is 11.4 Å². The summed E-state index contributed by atoms with van der Waals surface area (Å²) in [6, 6.07) is 5.89. The van der Waals surface area contributed by atoms with Crippen molar-refractivity contribution >= 4 is 0 Å². The second-order valence-corrected chi connectivity index (χ2v) is 5.54. The number of rotatable bonds is 2. The molecule has 0 bridgehead atoms. The van der Waals surface area contributed by atoms with Gasteiger partial charge in [-0.15, -0.1) is 0 Å². The molecule has 1 aromatic carbocycles. The standard InChI is InChI=1S/C16H18N2O/c1-9-6-11(3)13(7-10(9)2)16-17-14(12-4-5-12)8-15(19)18-16/h6-8,12H,4-5H2,1-3H3,(H,17,18,19). The Labute approximate surface area is 112 Å². The van der Waals surface area contributed by atoms with Crippen LogP contribution in [0.15, 0.2) is 23.0 Å². The fraction of sp³-hybridized carbons (Fsp3) is 0.375. The molecule has 1 heterocycles. The quantitative estimate of drug-likeness (QED) is 0.894. The summed E-state index contributed by atoms with van der Waals surface area (Å²) in [6.07, 6.45) is 2.31. The van der Waals surface area contributed by atoms with E-state index in [1.54, 1.807) is 6.07 Å². The molecular weight excluding hydrogens is 236 g/mol. The summed E-state index contributed by atoms with van der Waals surface area (Å²) in [7, 11) is 0. The first-order valence-corrected chi connectivity index (χ1v) is 6.74. The summed E-state index contributed by atoms with van der Waals surface area (Å²) in [5, 5.41) is 0. The van der Waals surface area contributed by atoms with Crippen LogP contribution >= 0.6 is 0 Å². The number of H-pyrrole nitrogens is 1. The fourth-order valence-corrected chi connectivity index (χ4v) is 2.41. The van der Waals surface area contributed by atoms with Crippen LogP contribution in [0, 0.1) is 20.8 Å². The van der Waals surface area contributed by atoms with E-state index in [-0.39, 0.29) is 5.56 Å². The molecule has 98 valence electrons. The fourth-order valence-electron chi connectivity index (χ4n) is 2.41. The van der Waals surface area contributed by atoms with Crippen LogP contribution in [0.1, 0.15) is 41.1 Å². The molecule has 3 nitrogen and oxygen atoms in total. The molecule has 1 fully saturated rings. The van der Waals surface area contributed by atoms with Crippen molar-refractivity contribution in [3.63, 3.8) is 0 Å². The van der Waals surface area contributed by atoms with Gasteiger partial charge in [0.25, 0.3) is 5.56 Å². The molecular formula is C16H18N2O. The summed E-state index contributed by atoms with van der Waals surface area (Å²) < 4.78 is 0. The van der Waals surface area contributed by atoms with Crippen molar-refractivity contribution in [1.29, 1.82) is 0 Å². The van der Waals surface area contributed by atoms with Gasteiger partial charge in [0.1, 0.15) is 5.82 Å². The van der Waals surface area contributed by atoms with Crippen molar-refractivity contribution in [2.45, 2.75) is 39.5 Å². The Morgan fingerprint density at radius 2 is 1.74 bits per heavy atom. The molecule has 0 spiro atoms. The van der Waals surface area contributed by atoms with Crippen LogP contribution in [-0.2, 0) is 0 Å². The topological polar surface area (TPSA) is 45.8 Å². The van der Waals surface area contributed by atoms with Crippen molar-refractivity contribution in [2.75, 3.05) is 0 Å². The molecule has 0 saturated heterocycles. The monoisotopic (exact) mass is 254 g/mol. The van der Waals surface area contributed by atoms with Crippen LogP contribution in [0.4, 0.5) is 0 Å². The van der Waals surface area contributed by atoms with Crippen LogP contribution in [0.5, 0.6) is 0 Å². The predicted octanol–water partition coefficient (Wildman–Crippen LogP) is 3.24. The number of nitrogens with one attached hydrogen (secondary N) is 1. The van der Waals surface area contributed by atoms with Gasteiger partial charge in [0, 0.05) is 17.5 Å². The number of hydrogen-bond donors (Lipinski definition) is 1. The maximum Gasteiger partial charge on any atom is 0.251 e. The van der Waals surface area contributed by atoms with Crippen LogP contribution in [-0.4, -0.2) is 9.97 Å². The van der Waals surface area contributed by atoms with Crippen LogP contribution in [0.2, 0.25) is 0 Å². The number of aryl methyl sites for hydroxylation is 3. The summed E-state index contributed by atoms with van der Waals surface area (Å²) in [5.74, 6) is 1.20. The third-order valence-corrected chi connectivity index (χ3v) is 3.85. The second kappa shape index (κ2) is 4.34. The summed E-state index contributed by atoms with van der Waals surface area (Å²) in [5.41, 5.74) is 5.56. The molecule has 1 saturated carbocycles. The molecule has 0 radical (unpaired) electrons. The molecule has 1 aliphatic carbocycles. The van der Waals surface area contributed by atoms with E-state index in [2.05, 4.69) is 42.9 Å². The van der Waals surface area contributed by atoms with Gasteiger partial charge in [0.05, 0.1) is 5.69 Å². The van der Waals surface area contributed by atoms with Gasteiger partial charge in [-0.3, -0.25) is 4.79 Å². The Bertz CT molecular complexity index is 696. The first kappa shape index (κ1) is 12.2. The molecule has 0 amide bonds. The zero-order chi connectivity index (χ0) is 13.6. The average Bonchev–Trinajstić information content (AvgIpc) is 3.17. The summed E-state index contributed by atoms with van der Waals surface area (Å²) >= 11 is 0. The number of aromatic amines is 1. The van der Waals surface area contributed by atoms with Gasteiger partial charge >= 0.3 is 0 Å². The summed E-state index contributed by atoms with van der Waals surface area (Å²) in [6.45, 7) is 6.25. The lowest BCUT2D eigenvalue weighted by Gasteiger charge is -2.10. The van der Waals surface area contributed by atoms with Gasteiger partial charge in [0.15, 0.2) is 0 Å². The number of aromatic nitrogens is 2. The Morgan fingerprint density at radius 1 is 1.05 bits per heavy atom. The van der Waals surface area contributed by atoms with E-state index in [1.807, 2.05) is 0 Å². The third kappa shape index (κ3) is 2.33. The predicted molar refractivity (Wildman–Crippen MR) is 76.5 cm³/mol. The maximum atomic E-state index is 11.8. The highest BCUT2D eigenvalue weighted by Crippen LogP contribution is 2.38. The first-order chi connectivity index (χ1) is 9.04. The largest absolute Gasteiger partial charge is 0.307 e. The van der Waals surface area contributed by atoms with E-state index in [1.165, 1.54) is 11.1 Å². The van der Waals surface area contributed by atoms with Crippen LogP contribution < -0.4 is 5.56 Å². The van der Waals surface area contributed by atoms with Gasteiger partial charge in [-0.25, -0.2) is 4.98 Å². The van der Waals surface area contributed by atoms with Gasteiger partial charge in [-0.05, 0) is 56.4 Å². The molecule has 0 atom stereocenters. The minimum absolute atomic E-state index is 0.0514. The van der Waals surface area contributed by atoms with E-state index in [9.17, 15) is 4.79 Å². The van der Waals surface area contributed by atoms with Crippen LogP contribution in [0.3, 0.4) is 0 Å². The van der Waals surface area contributed by atoms with Gasteiger partial charge in [0.2, 0.25) is 0 Å². The second-order valence-electron chi connectivity index (χ2n) is 5.54. The third-order valence-electron chi connectivity index (χ3n) is 3.85. The van der Waals surface area contributed by atoms with E-state index < -0.39 is 0 Å². The Balaban J connectivity index is 2.16. The van der Waals surface area contributed by atoms with Crippen molar-refractivity contribution in [2.24, 2.45) is 0 Å². The molecule has 1 aliphatic rings. The van der Waals surface area contributed by atoms with Crippen molar-refractivity contribution in [3.8, 4) is 11.4 Å². The molecule has 1 aromatic heterocycles. The molecule has 0 unspecified atom stereocenters. The Morgan fingerprint density at radius 3 is 2.42 bits per heavy atom. The molecule has 3 rings (SSSR count). The van der Waals surface area contributed by atoms with Crippen molar-refractivity contribution in [1.82, 2.24) is 9.97 Å². The van der Waals surface area contributed by atoms with Gasteiger partial charge < -0.3 is 4.98 Å². The number of hydrogen-bond acceptors (Lipinski definition) is 2. The lowest BCUT2D eigenvalue weighted by atomic mass is 10.0. The average molecular weight is 254 g/mol. The minimum atomic E-state index is -0.0514. The zero-order valence-electron chi connectivity index (χ0n) is 11.6. The van der Waals surface area contributed by atoms with Gasteiger partial charge in [-0.2, -0.15) is 0 Å². The van der Waals surface area contributed by atoms with E-state index >= 15 is 0 Å². The van der Waals surface area contributed by atoms with E-state index in [0.717, 1.165) is 29.7 Å². The molecule has 1 N–H and O–H groups in total. The Hall–Kier alpha value is -1.90. The normalized spacial score (nSPS) is 14.7. The maximum absolute atomic E-state index is 11.8. The minimum Gasteiger partial charge on any atom is -0.307 e. The van der Waals surface area contributed by atoms with Gasteiger partial charge in [-0.1, -0.05) is 6.07 Å². The highest BCUT2D eigenvalue weighted by atomic mass is 16.1. The van der Waals surface area contributed by atoms with E-state index in [0.29, 0.717) is 11.7 Å². The Kier molecular flexibility index (Phi) is 2.77. The lowest BCUT2D eigenvalue weighted by Crippen LogP contribution is -2.10. The molecule has 19 heavy (non-hydrogen) atoms. The molecule has 2 aromatic rings. The van der Waals surface area contributed by atoms with E-state index in [4.69, 9.17) is 0 Å².